The first-order chi connectivity index (χ1) is 6.89. The van der Waals surface area contributed by atoms with Crippen LogP contribution >= 0.6 is 11.8 Å². The summed E-state index contributed by atoms with van der Waals surface area (Å²) in [5.74, 6) is 0.981. The molecule has 0 aliphatic carbocycles. The van der Waals surface area contributed by atoms with E-state index in [0.717, 1.165) is 5.75 Å². The van der Waals surface area contributed by atoms with Gasteiger partial charge in [0.05, 0.1) is 0 Å². The van der Waals surface area contributed by atoms with Gasteiger partial charge in [0.25, 0.3) is 0 Å². The predicted octanol–water partition coefficient (Wildman–Crippen LogP) is 3.42. The van der Waals surface area contributed by atoms with Gasteiger partial charge < -0.3 is 5.73 Å². The van der Waals surface area contributed by atoms with Crippen LogP contribution in [0, 0.1) is 0 Å². The van der Waals surface area contributed by atoms with E-state index in [2.05, 4.69) is 45.0 Å². The molecule has 0 aliphatic heterocycles. The van der Waals surface area contributed by atoms with Gasteiger partial charge in [-0.1, -0.05) is 32.9 Å². The van der Waals surface area contributed by atoms with E-state index in [1.54, 1.807) is 0 Å². The number of rotatable bonds is 3. The Morgan fingerprint density at radius 2 is 1.73 bits per heavy atom. The zero-order chi connectivity index (χ0) is 11.5. The van der Waals surface area contributed by atoms with Crippen LogP contribution in [0.2, 0.25) is 0 Å². The molecule has 1 aromatic carbocycles. The normalized spacial score (nSPS) is 13.9. The van der Waals surface area contributed by atoms with Crippen LogP contribution in [0.25, 0.3) is 0 Å². The highest BCUT2D eigenvalue weighted by Gasteiger charge is 2.12. The fourth-order valence-corrected chi connectivity index (χ4v) is 2.06. The molecule has 0 bridgehead atoms. The lowest BCUT2D eigenvalue weighted by atomic mass is 9.87. The Bertz CT molecular complexity index is 295. The average Bonchev–Trinajstić information content (AvgIpc) is 2.14. The predicted molar refractivity (Wildman–Crippen MR) is 69.5 cm³/mol. The van der Waals surface area contributed by atoms with Crippen molar-refractivity contribution in [1.29, 1.82) is 0 Å². The molecule has 0 amide bonds. The van der Waals surface area contributed by atoms with E-state index in [4.69, 9.17) is 5.73 Å². The molecule has 1 aromatic rings. The largest absolute Gasteiger partial charge is 0.327 e. The standard InChI is InChI=1S/C13H21NS/c1-10(14)9-15-12-7-5-11(6-8-12)13(2,3)4/h5-8,10H,9,14H2,1-4H3/t10-/m1/s1. The molecule has 15 heavy (non-hydrogen) atoms. The average molecular weight is 223 g/mol. The summed E-state index contributed by atoms with van der Waals surface area (Å²) in [4.78, 5) is 1.31. The van der Waals surface area contributed by atoms with Crippen molar-refractivity contribution in [3.63, 3.8) is 0 Å². The minimum absolute atomic E-state index is 0.240. The van der Waals surface area contributed by atoms with Gasteiger partial charge in [0.2, 0.25) is 0 Å². The third-order valence-corrected chi connectivity index (χ3v) is 3.53. The molecule has 2 N–H and O–H groups in total. The van der Waals surface area contributed by atoms with Gasteiger partial charge in [-0.05, 0) is 30.0 Å². The van der Waals surface area contributed by atoms with Crippen LogP contribution in [-0.4, -0.2) is 11.8 Å². The van der Waals surface area contributed by atoms with E-state index >= 15 is 0 Å². The van der Waals surface area contributed by atoms with E-state index < -0.39 is 0 Å². The quantitative estimate of drug-likeness (QED) is 0.795. The molecule has 0 spiro atoms. The summed E-state index contributed by atoms with van der Waals surface area (Å²) in [7, 11) is 0. The number of nitrogens with two attached hydrogens (primary N) is 1. The van der Waals surface area contributed by atoms with Crippen LogP contribution in [0.15, 0.2) is 29.2 Å². The van der Waals surface area contributed by atoms with Crippen molar-refractivity contribution in [2.75, 3.05) is 5.75 Å². The molecule has 1 rings (SSSR count). The Morgan fingerprint density at radius 1 is 1.20 bits per heavy atom. The van der Waals surface area contributed by atoms with Gasteiger partial charge in [-0.25, -0.2) is 0 Å². The van der Waals surface area contributed by atoms with Crippen molar-refractivity contribution in [2.45, 2.75) is 44.0 Å². The van der Waals surface area contributed by atoms with Gasteiger partial charge in [0.1, 0.15) is 0 Å². The van der Waals surface area contributed by atoms with E-state index in [1.807, 2.05) is 18.7 Å². The zero-order valence-electron chi connectivity index (χ0n) is 10.1. The Balaban J connectivity index is 2.65. The highest BCUT2D eigenvalue weighted by Crippen LogP contribution is 2.25. The molecule has 84 valence electrons. The van der Waals surface area contributed by atoms with Crippen LogP contribution in [0.5, 0.6) is 0 Å². The maximum atomic E-state index is 5.72. The molecule has 0 radical (unpaired) electrons. The number of hydrogen-bond donors (Lipinski definition) is 1. The van der Waals surface area contributed by atoms with E-state index in [9.17, 15) is 0 Å². The maximum absolute atomic E-state index is 5.72. The van der Waals surface area contributed by atoms with Crippen LogP contribution in [0.4, 0.5) is 0 Å². The smallest absolute Gasteiger partial charge is 0.0129 e. The Hall–Kier alpha value is -0.470. The van der Waals surface area contributed by atoms with Gasteiger partial charge in [0.15, 0.2) is 0 Å². The Labute approximate surface area is 97.4 Å². The molecule has 0 aromatic heterocycles. The highest BCUT2D eigenvalue weighted by atomic mass is 32.2. The lowest BCUT2D eigenvalue weighted by Crippen LogP contribution is -2.17. The summed E-state index contributed by atoms with van der Waals surface area (Å²) >= 11 is 1.82. The summed E-state index contributed by atoms with van der Waals surface area (Å²) in [5, 5.41) is 0. The first kappa shape index (κ1) is 12.6. The van der Waals surface area contributed by atoms with Crippen molar-refractivity contribution >= 4 is 11.8 Å². The third kappa shape index (κ3) is 4.27. The molecule has 0 aliphatic rings. The molecule has 0 unspecified atom stereocenters. The first-order valence-corrected chi connectivity index (χ1v) is 6.37. The summed E-state index contributed by atoms with van der Waals surface area (Å²) in [6, 6.07) is 9.06. The minimum Gasteiger partial charge on any atom is -0.327 e. The van der Waals surface area contributed by atoms with Crippen molar-refractivity contribution in [2.24, 2.45) is 5.73 Å². The van der Waals surface area contributed by atoms with Crippen LogP contribution in [0.1, 0.15) is 33.3 Å². The maximum Gasteiger partial charge on any atom is 0.0129 e. The second-order valence-electron chi connectivity index (χ2n) is 5.06. The molecular formula is C13H21NS. The lowest BCUT2D eigenvalue weighted by molar-refractivity contribution is 0.590. The first-order valence-electron chi connectivity index (χ1n) is 5.38. The van der Waals surface area contributed by atoms with Crippen molar-refractivity contribution in [1.82, 2.24) is 0 Å². The summed E-state index contributed by atoms with van der Waals surface area (Å²) in [5.41, 5.74) is 7.34. The third-order valence-electron chi connectivity index (χ3n) is 2.23. The van der Waals surface area contributed by atoms with Gasteiger partial charge in [-0.2, -0.15) is 0 Å². The van der Waals surface area contributed by atoms with Gasteiger partial charge in [0, 0.05) is 16.7 Å². The fourth-order valence-electron chi connectivity index (χ4n) is 1.28. The SMILES string of the molecule is C[C@@H](N)CSc1ccc(C(C)(C)C)cc1. The second-order valence-corrected chi connectivity index (χ2v) is 6.16. The zero-order valence-corrected chi connectivity index (χ0v) is 10.9. The number of benzene rings is 1. The summed E-state index contributed by atoms with van der Waals surface area (Å²) in [6.45, 7) is 8.74. The van der Waals surface area contributed by atoms with Crippen molar-refractivity contribution in [3.05, 3.63) is 29.8 Å². The molecular weight excluding hydrogens is 202 g/mol. The highest BCUT2D eigenvalue weighted by molar-refractivity contribution is 7.99. The molecule has 1 nitrogen and oxygen atoms in total. The molecule has 0 fully saturated rings. The second kappa shape index (κ2) is 5.04. The molecule has 1 atom stereocenters. The molecule has 0 heterocycles. The van der Waals surface area contributed by atoms with Gasteiger partial charge in [-0.3, -0.25) is 0 Å². The molecule has 2 heteroatoms. The van der Waals surface area contributed by atoms with E-state index in [-0.39, 0.29) is 11.5 Å². The number of hydrogen-bond acceptors (Lipinski definition) is 2. The monoisotopic (exact) mass is 223 g/mol. The summed E-state index contributed by atoms with van der Waals surface area (Å²) < 4.78 is 0. The van der Waals surface area contributed by atoms with Crippen LogP contribution in [0.3, 0.4) is 0 Å². The van der Waals surface area contributed by atoms with E-state index in [0.29, 0.717) is 0 Å². The fraction of sp³-hybridized carbons (Fsp3) is 0.538. The molecule has 0 saturated carbocycles. The Morgan fingerprint density at radius 3 is 2.13 bits per heavy atom. The van der Waals surface area contributed by atoms with Crippen molar-refractivity contribution < 1.29 is 0 Å². The molecule has 0 saturated heterocycles. The van der Waals surface area contributed by atoms with Gasteiger partial charge >= 0.3 is 0 Å². The van der Waals surface area contributed by atoms with E-state index in [1.165, 1.54) is 10.5 Å². The summed E-state index contributed by atoms with van der Waals surface area (Å²) in [6.07, 6.45) is 0. The lowest BCUT2D eigenvalue weighted by Gasteiger charge is -2.19. The topological polar surface area (TPSA) is 26.0 Å². The number of thioether (sulfide) groups is 1. The van der Waals surface area contributed by atoms with Crippen LogP contribution in [-0.2, 0) is 5.41 Å². The van der Waals surface area contributed by atoms with Crippen LogP contribution < -0.4 is 5.73 Å². The van der Waals surface area contributed by atoms with Gasteiger partial charge in [-0.15, -0.1) is 11.8 Å². The minimum atomic E-state index is 0.240. The van der Waals surface area contributed by atoms with Crippen molar-refractivity contribution in [3.8, 4) is 0 Å². The Kier molecular flexibility index (Phi) is 4.23.